The summed E-state index contributed by atoms with van der Waals surface area (Å²) in [5.74, 6) is 0.689. The smallest absolute Gasteiger partial charge is 0.349 e. The quantitative estimate of drug-likeness (QED) is 0.184. The first-order valence-electron chi connectivity index (χ1n) is 10.0. The highest BCUT2D eigenvalue weighted by molar-refractivity contribution is 6.30. The molecule has 3 rings (SSSR count). The molecule has 0 saturated carbocycles. The second-order valence-corrected chi connectivity index (χ2v) is 7.29. The van der Waals surface area contributed by atoms with Gasteiger partial charge in [-0.05, 0) is 65.6 Å². The standard InChI is InChI=1S/C26H22ClNO4/c1-3-18-6-4-9-23(13-18)31-17-26(29)32-24-11-10-19(14-25(24)30-2)12-21(16-28)20-7-5-8-22(27)15-20/h4-15H,3,17H2,1-2H3/b21-12-. The van der Waals surface area contributed by atoms with Gasteiger partial charge in [0, 0.05) is 5.02 Å². The van der Waals surface area contributed by atoms with Crippen molar-refractivity contribution in [3.63, 3.8) is 0 Å². The number of halogens is 1. The molecular weight excluding hydrogens is 426 g/mol. The maximum atomic E-state index is 12.3. The van der Waals surface area contributed by atoms with Crippen molar-refractivity contribution < 1.29 is 19.0 Å². The van der Waals surface area contributed by atoms with Crippen molar-refractivity contribution in [1.29, 1.82) is 5.26 Å². The van der Waals surface area contributed by atoms with Gasteiger partial charge in [0.05, 0.1) is 18.8 Å². The van der Waals surface area contributed by atoms with Gasteiger partial charge in [-0.2, -0.15) is 5.26 Å². The van der Waals surface area contributed by atoms with E-state index in [4.69, 9.17) is 25.8 Å². The SMILES string of the molecule is CCc1cccc(OCC(=O)Oc2ccc(/C=C(/C#N)c3cccc(Cl)c3)cc2OC)c1. The summed E-state index contributed by atoms with van der Waals surface area (Å²) >= 11 is 6.03. The van der Waals surface area contributed by atoms with Crippen LogP contribution in [0.5, 0.6) is 17.2 Å². The first kappa shape index (κ1) is 22.9. The van der Waals surface area contributed by atoms with E-state index < -0.39 is 5.97 Å². The van der Waals surface area contributed by atoms with Crippen molar-refractivity contribution in [2.75, 3.05) is 13.7 Å². The Balaban J connectivity index is 1.72. The minimum Gasteiger partial charge on any atom is -0.493 e. The third kappa shape index (κ3) is 6.13. The van der Waals surface area contributed by atoms with Crippen molar-refractivity contribution in [1.82, 2.24) is 0 Å². The molecule has 0 N–H and O–H groups in total. The van der Waals surface area contributed by atoms with Crippen LogP contribution in [0.4, 0.5) is 0 Å². The lowest BCUT2D eigenvalue weighted by Crippen LogP contribution is -2.18. The Bertz CT molecular complexity index is 1180. The minimum atomic E-state index is -0.551. The lowest BCUT2D eigenvalue weighted by atomic mass is 10.0. The fourth-order valence-corrected chi connectivity index (χ4v) is 3.20. The molecule has 32 heavy (non-hydrogen) atoms. The summed E-state index contributed by atoms with van der Waals surface area (Å²) in [6, 6.07) is 21.8. The van der Waals surface area contributed by atoms with E-state index in [9.17, 15) is 10.1 Å². The molecule has 0 fully saturated rings. The van der Waals surface area contributed by atoms with Crippen LogP contribution in [0.3, 0.4) is 0 Å². The van der Waals surface area contributed by atoms with Crippen LogP contribution < -0.4 is 14.2 Å². The molecule has 5 nitrogen and oxygen atoms in total. The van der Waals surface area contributed by atoms with Crippen LogP contribution in [0.1, 0.15) is 23.6 Å². The number of benzene rings is 3. The third-order valence-electron chi connectivity index (χ3n) is 4.64. The first-order valence-corrected chi connectivity index (χ1v) is 10.4. The Morgan fingerprint density at radius 2 is 1.88 bits per heavy atom. The number of nitriles is 1. The molecule has 0 atom stereocenters. The zero-order valence-electron chi connectivity index (χ0n) is 17.8. The lowest BCUT2D eigenvalue weighted by Gasteiger charge is -2.11. The number of carbonyl (C=O) groups is 1. The van der Waals surface area contributed by atoms with Crippen LogP contribution in [0, 0.1) is 11.3 Å². The molecule has 0 aliphatic rings. The number of hydrogen-bond donors (Lipinski definition) is 0. The molecule has 0 bridgehead atoms. The molecule has 0 heterocycles. The molecule has 6 heteroatoms. The largest absolute Gasteiger partial charge is 0.493 e. The van der Waals surface area contributed by atoms with Gasteiger partial charge in [0.25, 0.3) is 0 Å². The van der Waals surface area contributed by atoms with Gasteiger partial charge in [0.15, 0.2) is 18.1 Å². The predicted octanol–water partition coefficient (Wildman–Crippen LogP) is 5.96. The molecule has 0 amide bonds. The predicted molar refractivity (Wildman–Crippen MR) is 125 cm³/mol. The van der Waals surface area contributed by atoms with Gasteiger partial charge < -0.3 is 14.2 Å². The second-order valence-electron chi connectivity index (χ2n) is 6.85. The van der Waals surface area contributed by atoms with Crippen molar-refractivity contribution in [2.24, 2.45) is 0 Å². The van der Waals surface area contributed by atoms with Gasteiger partial charge in [0.1, 0.15) is 5.75 Å². The van der Waals surface area contributed by atoms with Crippen LogP contribution in [0.15, 0.2) is 66.7 Å². The van der Waals surface area contributed by atoms with E-state index >= 15 is 0 Å². The normalized spacial score (nSPS) is 10.9. The highest BCUT2D eigenvalue weighted by Crippen LogP contribution is 2.30. The summed E-state index contributed by atoms with van der Waals surface area (Å²) in [5.41, 5.74) is 2.99. The molecule has 0 aliphatic heterocycles. The molecule has 0 radical (unpaired) electrons. The molecular formula is C26H22ClNO4. The van der Waals surface area contributed by atoms with Crippen molar-refractivity contribution in [2.45, 2.75) is 13.3 Å². The topological polar surface area (TPSA) is 68.5 Å². The summed E-state index contributed by atoms with van der Waals surface area (Å²) in [4.78, 5) is 12.3. The minimum absolute atomic E-state index is 0.231. The number of ether oxygens (including phenoxy) is 3. The van der Waals surface area contributed by atoms with Gasteiger partial charge in [-0.15, -0.1) is 0 Å². The molecule has 0 unspecified atom stereocenters. The summed E-state index contributed by atoms with van der Waals surface area (Å²) in [7, 11) is 1.48. The van der Waals surface area contributed by atoms with E-state index in [1.165, 1.54) is 7.11 Å². The maximum Gasteiger partial charge on any atom is 0.349 e. The van der Waals surface area contributed by atoms with Crippen LogP contribution in [-0.2, 0) is 11.2 Å². The fraction of sp³-hybridized carbons (Fsp3) is 0.154. The highest BCUT2D eigenvalue weighted by atomic mass is 35.5. The first-order chi connectivity index (χ1) is 15.5. The molecule has 0 saturated heterocycles. The van der Waals surface area contributed by atoms with Crippen molar-refractivity contribution >= 4 is 29.2 Å². The van der Waals surface area contributed by atoms with Crippen LogP contribution >= 0.6 is 11.6 Å². The molecule has 3 aromatic rings. The van der Waals surface area contributed by atoms with Crippen LogP contribution in [0.25, 0.3) is 11.6 Å². The molecule has 0 aromatic heterocycles. The van der Waals surface area contributed by atoms with Crippen LogP contribution in [-0.4, -0.2) is 19.7 Å². The van der Waals surface area contributed by atoms with Crippen molar-refractivity contribution in [3.05, 3.63) is 88.4 Å². The van der Waals surface area contributed by atoms with Gasteiger partial charge in [-0.1, -0.05) is 48.9 Å². The van der Waals surface area contributed by atoms with E-state index in [2.05, 4.69) is 6.07 Å². The Morgan fingerprint density at radius 3 is 2.59 bits per heavy atom. The van der Waals surface area contributed by atoms with Crippen molar-refractivity contribution in [3.8, 4) is 23.3 Å². The van der Waals surface area contributed by atoms with E-state index in [1.807, 2.05) is 31.2 Å². The highest BCUT2D eigenvalue weighted by Gasteiger charge is 2.12. The Labute approximate surface area is 192 Å². The molecule has 0 aliphatic carbocycles. The molecule has 0 spiro atoms. The summed E-state index contributed by atoms with van der Waals surface area (Å²) in [6.07, 6.45) is 2.59. The van der Waals surface area contributed by atoms with Gasteiger partial charge >= 0.3 is 5.97 Å². The second kappa shape index (κ2) is 11.0. The van der Waals surface area contributed by atoms with Crippen LogP contribution in [0.2, 0.25) is 5.02 Å². The summed E-state index contributed by atoms with van der Waals surface area (Å²) < 4.78 is 16.3. The number of carbonyl (C=O) groups excluding carboxylic acids is 1. The molecule has 162 valence electrons. The monoisotopic (exact) mass is 447 g/mol. The van der Waals surface area contributed by atoms with Gasteiger partial charge in [-0.3, -0.25) is 0 Å². The number of aryl methyl sites for hydroxylation is 1. The number of rotatable bonds is 8. The Morgan fingerprint density at radius 1 is 1.06 bits per heavy atom. The zero-order chi connectivity index (χ0) is 22.9. The summed E-state index contributed by atoms with van der Waals surface area (Å²) in [6.45, 7) is 1.82. The third-order valence-corrected chi connectivity index (χ3v) is 4.88. The average Bonchev–Trinajstić information content (AvgIpc) is 2.82. The number of esters is 1. The van der Waals surface area contributed by atoms with E-state index in [0.29, 0.717) is 33.2 Å². The van der Waals surface area contributed by atoms with Gasteiger partial charge in [-0.25, -0.2) is 4.79 Å². The summed E-state index contributed by atoms with van der Waals surface area (Å²) in [5, 5.41) is 10.1. The lowest BCUT2D eigenvalue weighted by molar-refractivity contribution is -0.136. The fourth-order valence-electron chi connectivity index (χ4n) is 3.01. The number of methoxy groups -OCH3 is 1. The average molecular weight is 448 g/mol. The zero-order valence-corrected chi connectivity index (χ0v) is 18.6. The number of allylic oxidation sites excluding steroid dienone is 1. The van der Waals surface area contributed by atoms with E-state index in [0.717, 1.165) is 12.0 Å². The van der Waals surface area contributed by atoms with E-state index in [-0.39, 0.29) is 12.4 Å². The number of nitrogens with zero attached hydrogens (tertiary/aromatic N) is 1. The molecule has 3 aromatic carbocycles. The van der Waals surface area contributed by atoms with E-state index in [1.54, 1.807) is 48.5 Å². The Kier molecular flexibility index (Phi) is 7.91. The maximum absolute atomic E-state index is 12.3. The van der Waals surface area contributed by atoms with Gasteiger partial charge in [0.2, 0.25) is 0 Å². The Hall–Kier alpha value is -3.75. The number of hydrogen-bond acceptors (Lipinski definition) is 5.